The van der Waals surface area contributed by atoms with Gasteiger partial charge in [-0.3, -0.25) is 29.0 Å². The topological polar surface area (TPSA) is 79.7 Å². The lowest BCUT2D eigenvalue weighted by atomic mass is 9.86. The zero-order valence-corrected chi connectivity index (χ0v) is 60.9. The molecule has 0 saturated carbocycles. The molecule has 3 atom stereocenters. The summed E-state index contributed by atoms with van der Waals surface area (Å²) < 4.78 is 5.03. The Balaban J connectivity index is 1.09. The van der Waals surface area contributed by atoms with Gasteiger partial charge in [-0.25, -0.2) is 0 Å². The first-order valence-electron chi connectivity index (χ1n) is 34.4. The van der Waals surface area contributed by atoms with Crippen LogP contribution in [-0.2, 0) is 12.0 Å². The lowest BCUT2D eigenvalue weighted by Gasteiger charge is -2.35. The van der Waals surface area contributed by atoms with Crippen molar-refractivity contribution in [2.75, 3.05) is 13.1 Å². The van der Waals surface area contributed by atoms with E-state index < -0.39 is 13.5 Å². The van der Waals surface area contributed by atoms with Crippen LogP contribution in [0.3, 0.4) is 0 Å². The molecule has 7 nitrogen and oxygen atoms in total. The van der Waals surface area contributed by atoms with Crippen LogP contribution in [0, 0.1) is 31.6 Å². The molecular weight excluding hydrogens is 1200 g/mol. The molecule has 0 bridgehead atoms. The summed E-state index contributed by atoms with van der Waals surface area (Å²) in [7, 11) is -2.29. The van der Waals surface area contributed by atoms with Crippen LogP contribution in [0.15, 0.2) is 24.3 Å². The van der Waals surface area contributed by atoms with Gasteiger partial charge in [-0.15, -0.1) is 68.0 Å². The van der Waals surface area contributed by atoms with Gasteiger partial charge in [-0.2, -0.15) is 0 Å². The minimum Gasteiger partial charge on any atom is -0.339 e. The molecule has 87 heavy (non-hydrogen) atoms. The van der Waals surface area contributed by atoms with Crippen molar-refractivity contribution in [3.05, 3.63) is 66.0 Å². The second kappa shape index (κ2) is 29.0. The molecule has 0 aliphatic carbocycles. The summed E-state index contributed by atoms with van der Waals surface area (Å²) in [6, 6.07) is 12.5. The van der Waals surface area contributed by atoms with Gasteiger partial charge in [-0.1, -0.05) is 204 Å². The quantitative estimate of drug-likeness (QED) is 0.0223. The molecule has 472 valence electrons. The van der Waals surface area contributed by atoms with Gasteiger partial charge >= 0.3 is 0 Å². The van der Waals surface area contributed by atoms with Gasteiger partial charge in [0.05, 0.1) is 52.4 Å². The van der Waals surface area contributed by atoms with E-state index in [1.165, 1.54) is 158 Å². The Morgan fingerprint density at radius 1 is 0.448 bits per heavy atom. The molecule has 10 heterocycles. The van der Waals surface area contributed by atoms with E-state index in [-0.39, 0.29) is 23.6 Å². The van der Waals surface area contributed by atoms with E-state index in [1.54, 1.807) is 49.3 Å². The third-order valence-electron chi connectivity index (χ3n) is 20.3. The van der Waals surface area contributed by atoms with E-state index in [9.17, 15) is 9.59 Å². The second-order valence-corrected chi connectivity index (χ2v) is 37.6. The molecule has 3 aliphatic heterocycles. The Hall–Kier alpha value is -3.50. The fourth-order valence-corrected chi connectivity index (χ4v) is 30.7. The van der Waals surface area contributed by atoms with E-state index >= 15 is 9.59 Å². The van der Waals surface area contributed by atoms with Gasteiger partial charge in [0.25, 0.3) is 23.6 Å². The third-order valence-corrected chi connectivity index (χ3v) is 34.1. The normalized spacial score (nSPS) is 16.9. The molecule has 14 heteroatoms. The van der Waals surface area contributed by atoms with Crippen LogP contribution in [0.4, 0.5) is 0 Å². The smallest absolute Gasteiger partial charge is 0.263 e. The van der Waals surface area contributed by atoms with Crippen molar-refractivity contribution in [2.45, 2.75) is 261 Å². The van der Waals surface area contributed by atoms with E-state index in [2.05, 4.69) is 105 Å². The number of amides is 4. The van der Waals surface area contributed by atoms with Crippen molar-refractivity contribution >= 4 is 131 Å². The van der Waals surface area contributed by atoms with E-state index in [4.69, 9.17) is 0 Å². The first kappa shape index (κ1) is 66.4. The van der Waals surface area contributed by atoms with Crippen LogP contribution < -0.4 is 10.4 Å². The predicted octanol–water partition coefficient (Wildman–Crippen LogP) is 22.5. The zero-order valence-electron chi connectivity index (χ0n) is 55.0. The van der Waals surface area contributed by atoms with Crippen LogP contribution >= 0.6 is 68.0 Å². The van der Waals surface area contributed by atoms with Gasteiger partial charge in [-0.05, 0) is 97.6 Å². The number of thiophene rings is 6. The fourth-order valence-electron chi connectivity index (χ4n) is 15.0. The number of hydrogen-bond acceptors (Lipinski definition) is 10. The number of hydrogen-bond donors (Lipinski definition) is 0. The molecule has 7 aromatic heterocycles. The molecule has 0 radical (unpaired) electrons. The summed E-state index contributed by atoms with van der Waals surface area (Å²) in [5.74, 6) is 1.37. The van der Waals surface area contributed by atoms with Crippen LogP contribution in [-0.4, -0.2) is 59.2 Å². The Labute approximate surface area is 547 Å². The van der Waals surface area contributed by atoms with Gasteiger partial charge in [0, 0.05) is 64.1 Å². The van der Waals surface area contributed by atoms with E-state index in [0.29, 0.717) is 53.1 Å². The fraction of sp³-hybridized carbons (Fsp3) is 0.616. The monoisotopic (exact) mass is 1300 g/mol. The van der Waals surface area contributed by atoms with Crippen molar-refractivity contribution in [2.24, 2.45) is 17.8 Å². The molecule has 3 aliphatic rings. The van der Waals surface area contributed by atoms with Crippen molar-refractivity contribution < 1.29 is 19.2 Å². The van der Waals surface area contributed by atoms with Crippen LogP contribution in [0.25, 0.3) is 49.7 Å². The van der Waals surface area contributed by atoms with Crippen LogP contribution in [0.2, 0.25) is 12.1 Å². The number of aryl methyl sites for hydroxylation is 2. The molecule has 4 amide bonds. The maximum absolute atomic E-state index is 15.5. The Kier molecular flexibility index (Phi) is 22.1. The molecule has 7 aromatic rings. The summed E-state index contributed by atoms with van der Waals surface area (Å²) in [4.78, 5) is 74.2. The first-order valence-corrected chi connectivity index (χ1v) is 41.7. The predicted molar refractivity (Wildman–Crippen MR) is 383 cm³/mol. The number of carbonyl (C=O) groups is 4. The number of imide groups is 2. The lowest BCUT2D eigenvalue weighted by Crippen LogP contribution is -2.56. The van der Waals surface area contributed by atoms with Crippen molar-refractivity contribution in [1.82, 2.24) is 14.4 Å². The number of nitrogens with zero attached hydrogens (tertiary/aromatic N) is 3. The molecule has 3 unspecified atom stereocenters. The maximum atomic E-state index is 15.5. The number of fused-ring (bicyclic) bond motifs is 8. The van der Waals surface area contributed by atoms with Gasteiger partial charge in [0.2, 0.25) is 0 Å². The molecule has 0 saturated heterocycles. The Morgan fingerprint density at radius 2 is 0.908 bits per heavy atom. The summed E-state index contributed by atoms with van der Waals surface area (Å²) in [5.41, 5.74) is 4.29. The highest BCUT2D eigenvalue weighted by atomic mass is 32.1. The second-order valence-electron chi connectivity index (χ2n) is 26.9. The molecular formula is C73H101N3O4S6Si. The van der Waals surface area contributed by atoms with Crippen molar-refractivity contribution in [1.29, 1.82) is 0 Å². The maximum Gasteiger partial charge on any atom is 0.263 e. The Bertz CT molecular complexity index is 3560. The average molecular weight is 1310 g/mol. The number of rotatable bonds is 36. The van der Waals surface area contributed by atoms with Crippen molar-refractivity contribution in [3.8, 4) is 29.3 Å². The summed E-state index contributed by atoms with van der Waals surface area (Å²) in [6.07, 6.45) is 27.7. The molecule has 0 fully saturated rings. The zero-order chi connectivity index (χ0) is 61.9. The van der Waals surface area contributed by atoms with Gasteiger partial charge in [0.15, 0.2) is 0 Å². The van der Waals surface area contributed by atoms with Crippen LogP contribution in [0.1, 0.15) is 284 Å². The first-order chi connectivity index (χ1) is 42.0. The Morgan fingerprint density at radius 3 is 1.48 bits per heavy atom. The highest BCUT2D eigenvalue weighted by Gasteiger charge is 2.52. The summed E-state index contributed by atoms with van der Waals surface area (Å²) >= 11 is 10.9. The van der Waals surface area contributed by atoms with Crippen molar-refractivity contribution in [3.63, 3.8) is 0 Å². The number of aromatic nitrogens is 1. The highest BCUT2D eigenvalue weighted by molar-refractivity contribution is 7.32. The standard InChI is InChI=1S/C73H101N3O4S6Si/c1-13-21-26-28-30-32-37-74-69(77)58-47(10)82-64(59(58)70(74)78)53-40-51-62(83-53)63-52(76(51)43-48(18-6)34-23-15-3)41-57(85-63)73(11,12)68-61-60(71(79)75(72(61)80)38-33-31-29-27-22-14-2)65(86-68)54-42-56-67(84-54)66-55(39-46(9)81-66)87(56,44-49(19-7)35-24-16-4)45-50(20-8)36-25-17-5/h39-42,48-50H,13-38,43-45H2,1-12H3. The summed E-state index contributed by atoms with van der Waals surface area (Å²) in [5, 5.41) is 3.31. The van der Waals surface area contributed by atoms with E-state index in [0.717, 1.165) is 88.7 Å². The lowest BCUT2D eigenvalue weighted by molar-refractivity contribution is 0.0635. The largest absolute Gasteiger partial charge is 0.339 e. The molecule has 0 aromatic carbocycles. The average Bonchev–Trinajstić information content (AvgIpc) is 1.64. The number of carbonyl (C=O) groups excluding carboxylic acids is 4. The number of unbranched alkanes of at least 4 members (excludes halogenated alkanes) is 13. The molecule has 0 N–H and O–H groups in total. The highest BCUT2D eigenvalue weighted by Crippen LogP contribution is 2.56. The molecule has 10 rings (SSSR count). The minimum atomic E-state index is -2.29. The minimum absolute atomic E-state index is 0.105. The third kappa shape index (κ3) is 12.8. The van der Waals surface area contributed by atoms with Crippen LogP contribution in [0.5, 0.6) is 0 Å². The summed E-state index contributed by atoms with van der Waals surface area (Å²) in [6.45, 7) is 29.4. The van der Waals surface area contributed by atoms with Gasteiger partial charge < -0.3 is 4.57 Å². The van der Waals surface area contributed by atoms with Gasteiger partial charge in [0.1, 0.15) is 8.07 Å². The SMILES string of the molecule is CCCCCCCCN1C(=O)c2c(C)sc(-c3cc4c(s3)c3sc(C(C)(C)c5sc(-c6cc7c(s6)-c6sc(C)cc6[Si]7(CC(CC)CCCC)CC(CC)CCCC)c6c5C(=O)N(CCCCCCCC)C6=O)cc3n4CC(CC)CCCC)c2C1=O. The van der Waals surface area contributed by atoms with E-state index in [1.807, 2.05) is 40.9 Å². The molecule has 0 spiro atoms.